The highest BCUT2D eigenvalue weighted by molar-refractivity contribution is 7.89. The molecule has 152 valence electrons. The Morgan fingerprint density at radius 1 is 1.07 bits per heavy atom. The van der Waals surface area contributed by atoms with Crippen LogP contribution < -0.4 is 4.72 Å². The number of thiophene rings is 1. The Hall–Kier alpha value is -2.03. The van der Waals surface area contributed by atoms with Gasteiger partial charge in [-0.25, -0.2) is 8.42 Å². The van der Waals surface area contributed by atoms with Crippen molar-refractivity contribution in [3.8, 4) is 0 Å². The predicted molar refractivity (Wildman–Crippen MR) is 109 cm³/mol. The smallest absolute Gasteiger partial charge is 0.324 e. The topological polar surface area (TPSA) is 89.5 Å². The first kappa shape index (κ1) is 22.3. The fourth-order valence-corrected chi connectivity index (χ4v) is 4.66. The van der Waals surface area contributed by atoms with Gasteiger partial charge in [-0.05, 0) is 62.1 Å². The third kappa shape index (κ3) is 5.50. The van der Waals surface area contributed by atoms with Gasteiger partial charge in [-0.3, -0.25) is 9.59 Å². The predicted octanol–water partition coefficient (Wildman–Crippen LogP) is 3.40. The molecule has 1 N–H and O–H groups in total. The summed E-state index contributed by atoms with van der Waals surface area (Å²) in [7, 11) is -3.91. The number of hydrogen-bond acceptors (Lipinski definition) is 6. The summed E-state index contributed by atoms with van der Waals surface area (Å²) in [4.78, 5) is 26.2. The number of ether oxygens (including phenoxy) is 1. The van der Waals surface area contributed by atoms with E-state index >= 15 is 0 Å². The summed E-state index contributed by atoms with van der Waals surface area (Å²) in [6, 6.07) is 7.17. The molecule has 2 aromatic rings. The average molecular weight is 424 g/mol. The van der Waals surface area contributed by atoms with E-state index < -0.39 is 28.6 Å². The van der Waals surface area contributed by atoms with Crippen molar-refractivity contribution in [3.63, 3.8) is 0 Å². The first-order valence-electron chi connectivity index (χ1n) is 8.87. The van der Waals surface area contributed by atoms with Gasteiger partial charge < -0.3 is 4.74 Å². The van der Waals surface area contributed by atoms with Crippen LogP contribution in [-0.2, 0) is 19.6 Å². The highest BCUT2D eigenvalue weighted by Crippen LogP contribution is 2.18. The van der Waals surface area contributed by atoms with E-state index in [9.17, 15) is 18.0 Å². The molecule has 6 nitrogen and oxygen atoms in total. The number of aryl methyl sites for hydroxylation is 3. The first-order valence-corrected chi connectivity index (χ1v) is 11.2. The van der Waals surface area contributed by atoms with Crippen LogP contribution in [0.1, 0.15) is 39.5 Å². The van der Waals surface area contributed by atoms with Crippen LogP contribution >= 0.6 is 11.3 Å². The molecule has 8 heteroatoms. The number of carbonyl (C=O) groups is 2. The van der Waals surface area contributed by atoms with E-state index in [0.29, 0.717) is 4.88 Å². The molecule has 28 heavy (non-hydrogen) atoms. The molecule has 0 aliphatic carbocycles. The van der Waals surface area contributed by atoms with E-state index in [0.717, 1.165) is 16.0 Å². The molecular weight excluding hydrogens is 398 g/mol. The lowest BCUT2D eigenvalue weighted by molar-refractivity contribution is -0.145. The molecule has 0 bridgehead atoms. The van der Waals surface area contributed by atoms with Crippen molar-refractivity contribution in [2.75, 3.05) is 6.61 Å². The number of sulfonamides is 1. The highest BCUT2D eigenvalue weighted by atomic mass is 32.2. The molecule has 0 spiro atoms. The molecule has 1 aromatic heterocycles. The lowest BCUT2D eigenvalue weighted by atomic mass is 10.1. The van der Waals surface area contributed by atoms with Crippen LogP contribution in [0, 0.1) is 26.7 Å². The fourth-order valence-electron chi connectivity index (χ4n) is 2.45. The van der Waals surface area contributed by atoms with Gasteiger partial charge >= 0.3 is 5.97 Å². The minimum absolute atomic E-state index is 0.0826. The summed E-state index contributed by atoms with van der Waals surface area (Å²) < 4.78 is 32.9. The number of hydrogen-bond donors (Lipinski definition) is 1. The second-order valence-electron chi connectivity index (χ2n) is 7.03. The largest absolute Gasteiger partial charge is 0.456 e. The molecule has 1 atom stereocenters. The van der Waals surface area contributed by atoms with Gasteiger partial charge in [0.1, 0.15) is 6.04 Å². The molecule has 0 amide bonds. The minimum atomic E-state index is -3.91. The van der Waals surface area contributed by atoms with Gasteiger partial charge in [0.05, 0.1) is 9.77 Å². The Balaban J connectivity index is 2.10. The van der Waals surface area contributed by atoms with Crippen LogP contribution in [0.15, 0.2) is 35.2 Å². The van der Waals surface area contributed by atoms with Crippen molar-refractivity contribution in [1.82, 2.24) is 4.72 Å². The van der Waals surface area contributed by atoms with E-state index in [1.165, 1.54) is 17.4 Å². The van der Waals surface area contributed by atoms with Gasteiger partial charge in [0.25, 0.3) is 0 Å². The number of carbonyl (C=O) groups excluding carboxylic acids is 2. The van der Waals surface area contributed by atoms with E-state index in [1.807, 2.05) is 26.8 Å². The van der Waals surface area contributed by atoms with Crippen LogP contribution in [-0.4, -0.2) is 32.8 Å². The molecule has 0 radical (unpaired) electrons. The van der Waals surface area contributed by atoms with Gasteiger partial charge in [0, 0.05) is 4.88 Å². The third-order valence-corrected chi connectivity index (χ3v) is 6.83. The Bertz CT molecular complexity index is 976. The van der Waals surface area contributed by atoms with E-state index in [4.69, 9.17) is 4.74 Å². The summed E-state index contributed by atoms with van der Waals surface area (Å²) in [5.41, 5.74) is 1.81. The molecule has 1 heterocycles. The van der Waals surface area contributed by atoms with Crippen molar-refractivity contribution >= 4 is 33.1 Å². The zero-order chi connectivity index (χ0) is 21.1. The van der Waals surface area contributed by atoms with Crippen molar-refractivity contribution < 1.29 is 22.7 Å². The second kappa shape index (κ2) is 8.98. The summed E-state index contributed by atoms with van der Waals surface area (Å²) in [5, 5.41) is 0. The monoisotopic (exact) mass is 423 g/mol. The Kier molecular flexibility index (Phi) is 7.14. The molecule has 0 saturated carbocycles. The summed E-state index contributed by atoms with van der Waals surface area (Å²) >= 11 is 1.32. The Labute approximate surface area is 170 Å². The minimum Gasteiger partial charge on any atom is -0.456 e. The normalized spacial score (nSPS) is 12.8. The number of nitrogens with one attached hydrogen (secondary N) is 1. The van der Waals surface area contributed by atoms with Crippen molar-refractivity contribution in [2.24, 2.45) is 5.92 Å². The number of rotatable bonds is 8. The van der Waals surface area contributed by atoms with Crippen molar-refractivity contribution in [3.05, 3.63) is 51.2 Å². The molecule has 0 fully saturated rings. The lowest BCUT2D eigenvalue weighted by Gasteiger charge is -2.21. The number of benzene rings is 1. The standard InChI is InChI=1S/C20H25NO5S2/c1-12(2)19(20(23)26-11-17(22)18-9-7-15(5)27-18)21-28(24,25)16-8-6-13(3)14(4)10-16/h6-10,12,19,21H,11H2,1-5H3/t19-/m1/s1. The number of esters is 1. The maximum atomic E-state index is 12.7. The summed E-state index contributed by atoms with van der Waals surface area (Å²) in [6.07, 6.45) is 0. The second-order valence-corrected chi connectivity index (χ2v) is 10.0. The molecule has 0 aliphatic heterocycles. The van der Waals surface area contributed by atoms with E-state index in [1.54, 1.807) is 32.0 Å². The average Bonchev–Trinajstić information content (AvgIpc) is 3.06. The zero-order valence-corrected chi connectivity index (χ0v) is 18.2. The summed E-state index contributed by atoms with van der Waals surface area (Å²) in [6.45, 7) is 8.58. The molecular formula is C20H25NO5S2. The highest BCUT2D eigenvalue weighted by Gasteiger charge is 2.30. The maximum absolute atomic E-state index is 12.7. The van der Waals surface area contributed by atoms with E-state index in [2.05, 4.69) is 4.72 Å². The van der Waals surface area contributed by atoms with Gasteiger partial charge in [-0.15, -0.1) is 11.3 Å². The van der Waals surface area contributed by atoms with Gasteiger partial charge in [-0.1, -0.05) is 19.9 Å². The third-order valence-electron chi connectivity index (χ3n) is 4.35. The van der Waals surface area contributed by atoms with Gasteiger partial charge in [0.2, 0.25) is 15.8 Å². The molecule has 0 saturated heterocycles. The Morgan fingerprint density at radius 2 is 1.75 bits per heavy atom. The zero-order valence-electron chi connectivity index (χ0n) is 16.6. The fraction of sp³-hybridized carbons (Fsp3) is 0.400. The van der Waals surface area contributed by atoms with Gasteiger partial charge in [0.15, 0.2) is 6.61 Å². The molecule has 1 aromatic carbocycles. The number of ketones is 1. The molecule has 2 rings (SSSR count). The molecule has 0 aliphatic rings. The Morgan fingerprint density at radius 3 is 2.29 bits per heavy atom. The van der Waals surface area contributed by atoms with E-state index in [-0.39, 0.29) is 16.6 Å². The first-order chi connectivity index (χ1) is 13.0. The quantitative estimate of drug-likeness (QED) is 0.519. The maximum Gasteiger partial charge on any atom is 0.324 e. The lowest BCUT2D eigenvalue weighted by Crippen LogP contribution is -2.45. The van der Waals surface area contributed by atoms with Crippen LogP contribution in [0.4, 0.5) is 0 Å². The van der Waals surface area contributed by atoms with Crippen LogP contribution in [0.3, 0.4) is 0 Å². The van der Waals surface area contributed by atoms with Crippen LogP contribution in [0.25, 0.3) is 0 Å². The van der Waals surface area contributed by atoms with Crippen molar-refractivity contribution in [2.45, 2.75) is 45.6 Å². The molecule has 0 unspecified atom stereocenters. The summed E-state index contributed by atoms with van der Waals surface area (Å²) in [5.74, 6) is -1.44. The van der Waals surface area contributed by atoms with Crippen LogP contribution in [0.5, 0.6) is 0 Å². The van der Waals surface area contributed by atoms with Crippen LogP contribution in [0.2, 0.25) is 0 Å². The van der Waals surface area contributed by atoms with Gasteiger partial charge in [-0.2, -0.15) is 4.72 Å². The SMILES string of the molecule is Cc1ccc(C(=O)COC(=O)[C@H](NS(=O)(=O)c2ccc(C)c(C)c2)C(C)C)s1. The van der Waals surface area contributed by atoms with Crippen molar-refractivity contribution in [1.29, 1.82) is 0 Å². The number of Topliss-reactive ketones (excluding diaryl/α,β-unsaturated/α-hetero) is 1.